The zero-order valence-electron chi connectivity index (χ0n) is 9.68. The van der Waals surface area contributed by atoms with Gasteiger partial charge in [0.2, 0.25) is 0 Å². The SMILES string of the molecule is OCC1CC(O)CN(CC2=CCCC=C2)C1. The monoisotopic (exact) mass is 223 g/mol. The fraction of sp³-hybridized carbons (Fsp3) is 0.692. The maximum absolute atomic E-state index is 9.72. The Bertz CT molecular complexity index is 286. The highest BCUT2D eigenvalue weighted by Gasteiger charge is 2.25. The van der Waals surface area contributed by atoms with Gasteiger partial charge in [0.05, 0.1) is 6.10 Å². The molecular formula is C13H21NO2. The van der Waals surface area contributed by atoms with Crippen molar-refractivity contribution in [2.24, 2.45) is 5.92 Å². The molecule has 3 nitrogen and oxygen atoms in total. The molecule has 1 fully saturated rings. The number of rotatable bonds is 3. The van der Waals surface area contributed by atoms with Crippen LogP contribution >= 0.6 is 0 Å². The van der Waals surface area contributed by atoms with E-state index in [1.165, 1.54) is 5.57 Å². The van der Waals surface area contributed by atoms with Crippen molar-refractivity contribution in [2.75, 3.05) is 26.2 Å². The summed E-state index contributed by atoms with van der Waals surface area (Å²) in [5, 5.41) is 18.9. The first kappa shape index (κ1) is 11.8. The van der Waals surface area contributed by atoms with E-state index in [1.54, 1.807) is 0 Å². The largest absolute Gasteiger partial charge is 0.396 e. The standard InChI is InChI=1S/C13H21NO2/c15-10-12-6-13(16)9-14(8-12)7-11-4-2-1-3-5-11/h2,4-5,12-13,15-16H,1,3,6-10H2. The quantitative estimate of drug-likeness (QED) is 0.748. The van der Waals surface area contributed by atoms with Gasteiger partial charge in [-0.2, -0.15) is 0 Å². The Morgan fingerprint density at radius 2 is 2.19 bits per heavy atom. The van der Waals surface area contributed by atoms with Crippen LogP contribution in [0.1, 0.15) is 19.3 Å². The third kappa shape index (κ3) is 3.17. The Kier molecular flexibility index (Phi) is 4.16. The van der Waals surface area contributed by atoms with E-state index < -0.39 is 0 Å². The van der Waals surface area contributed by atoms with Crippen LogP contribution in [0.15, 0.2) is 23.8 Å². The Morgan fingerprint density at radius 3 is 2.88 bits per heavy atom. The zero-order valence-corrected chi connectivity index (χ0v) is 9.68. The van der Waals surface area contributed by atoms with E-state index in [0.717, 1.165) is 38.9 Å². The summed E-state index contributed by atoms with van der Waals surface area (Å²) in [6.07, 6.45) is 9.39. The van der Waals surface area contributed by atoms with Crippen LogP contribution in [0, 0.1) is 5.92 Å². The summed E-state index contributed by atoms with van der Waals surface area (Å²) in [4.78, 5) is 2.25. The second kappa shape index (κ2) is 5.62. The molecule has 1 heterocycles. The fourth-order valence-corrected chi connectivity index (χ4v) is 2.58. The first-order valence-electron chi connectivity index (χ1n) is 6.15. The van der Waals surface area contributed by atoms with Gasteiger partial charge in [0, 0.05) is 26.2 Å². The third-order valence-electron chi connectivity index (χ3n) is 3.33. The van der Waals surface area contributed by atoms with E-state index in [0.29, 0.717) is 0 Å². The molecule has 2 atom stereocenters. The summed E-state index contributed by atoms with van der Waals surface area (Å²) in [5.74, 6) is 0.233. The number of β-amino-alcohol motifs (C(OH)–C–C–N with tert-alkyl or cyclic N) is 1. The average molecular weight is 223 g/mol. The summed E-state index contributed by atoms with van der Waals surface area (Å²) in [6.45, 7) is 2.73. The van der Waals surface area contributed by atoms with Gasteiger partial charge >= 0.3 is 0 Å². The predicted octanol–water partition coefficient (Wildman–Crippen LogP) is 0.938. The number of nitrogens with zero attached hydrogens (tertiary/aromatic N) is 1. The second-order valence-corrected chi connectivity index (χ2v) is 4.89. The van der Waals surface area contributed by atoms with Crippen molar-refractivity contribution in [3.8, 4) is 0 Å². The molecule has 0 spiro atoms. The fourth-order valence-electron chi connectivity index (χ4n) is 2.58. The predicted molar refractivity (Wildman–Crippen MR) is 64.1 cm³/mol. The molecule has 2 unspecified atom stereocenters. The van der Waals surface area contributed by atoms with Crippen molar-refractivity contribution in [1.82, 2.24) is 4.90 Å². The normalized spacial score (nSPS) is 31.5. The molecule has 2 aliphatic rings. The molecule has 1 aliphatic carbocycles. The van der Waals surface area contributed by atoms with Crippen LogP contribution in [-0.4, -0.2) is 47.5 Å². The third-order valence-corrected chi connectivity index (χ3v) is 3.33. The molecule has 0 aromatic rings. The van der Waals surface area contributed by atoms with Gasteiger partial charge in [0.1, 0.15) is 0 Å². The number of aliphatic hydroxyl groups excluding tert-OH is 2. The lowest BCUT2D eigenvalue weighted by atomic mass is 9.96. The maximum Gasteiger partial charge on any atom is 0.0671 e. The van der Waals surface area contributed by atoms with E-state index in [-0.39, 0.29) is 18.6 Å². The summed E-state index contributed by atoms with van der Waals surface area (Å²) < 4.78 is 0. The number of hydrogen-bond acceptors (Lipinski definition) is 3. The van der Waals surface area contributed by atoms with Crippen molar-refractivity contribution in [2.45, 2.75) is 25.4 Å². The van der Waals surface area contributed by atoms with Crippen molar-refractivity contribution < 1.29 is 10.2 Å². The van der Waals surface area contributed by atoms with Crippen molar-refractivity contribution >= 4 is 0 Å². The van der Waals surface area contributed by atoms with Gasteiger partial charge in [-0.05, 0) is 30.8 Å². The van der Waals surface area contributed by atoms with E-state index in [2.05, 4.69) is 23.1 Å². The molecule has 0 aromatic heterocycles. The highest BCUT2D eigenvalue weighted by molar-refractivity contribution is 5.23. The number of allylic oxidation sites excluding steroid dienone is 2. The van der Waals surface area contributed by atoms with Gasteiger partial charge in [0.25, 0.3) is 0 Å². The molecule has 2 rings (SSSR count). The molecule has 1 aliphatic heterocycles. The van der Waals surface area contributed by atoms with Crippen molar-refractivity contribution in [1.29, 1.82) is 0 Å². The lowest BCUT2D eigenvalue weighted by molar-refractivity contribution is 0.0256. The van der Waals surface area contributed by atoms with Crippen LogP contribution < -0.4 is 0 Å². The number of hydrogen-bond donors (Lipinski definition) is 2. The van der Waals surface area contributed by atoms with Crippen molar-refractivity contribution in [3.05, 3.63) is 23.8 Å². The molecular weight excluding hydrogens is 202 g/mol. The molecule has 16 heavy (non-hydrogen) atoms. The number of piperidine rings is 1. The van der Waals surface area contributed by atoms with Gasteiger partial charge in [0.15, 0.2) is 0 Å². The van der Waals surface area contributed by atoms with Crippen LogP contribution in [0.3, 0.4) is 0 Å². The molecule has 90 valence electrons. The maximum atomic E-state index is 9.72. The highest BCUT2D eigenvalue weighted by Crippen LogP contribution is 2.19. The Labute approximate surface area is 97.1 Å². The summed E-state index contributed by atoms with van der Waals surface area (Å²) in [6, 6.07) is 0. The molecule has 0 amide bonds. The molecule has 0 aromatic carbocycles. The lowest BCUT2D eigenvalue weighted by Gasteiger charge is -2.35. The Balaban J connectivity index is 1.88. The van der Waals surface area contributed by atoms with Gasteiger partial charge in [-0.15, -0.1) is 0 Å². The minimum Gasteiger partial charge on any atom is -0.396 e. The molecule has 2 N–H and O–H groups in total. The van der Waals surface area contributed by atoms with Crippen LogP contribution in [-0.2, 0) is 0 Å². The molecule has 0 saturated carbocycles. The lowest BCUT2D eigenvalue weighted by Crippen LogP contribution is -2.44. The Hall–Kier alpha value is -0.640. The molecule has 0 radical (unpaired) electrons. The van der Waals surface area contributed by atoms with Crippen LogP contribution in [0.2, 0.25) is 0 Å². The number of aliphatic hydroxyl groups is 2. The van der Waals surface area contributed by atoms with Gasteiger partial charge in [-0.25, -0.2) is 0 Å². The minimum absolute atomic E-state index is 0.183. The van der Waals surface area contributed by atoms with Gasteiger partial charge in [-0.1, -0.05) is 18.2 Å². The van der Waals surface area contributed by atoms with Gasteiger partial charge < -0.3 is 10.2 Å². The van der Waals surface area contributed by atoms with Crippen LogP contribution in [0.25, 0.3) is 0 Å². The second-order valence-electron chi connectivity index (χ2n) is 4.89. The number of likely N-dealkylation sites (tertiary alicyclic amines) is 1. The van der Waals surface area contributed by atoms with E-state index in [1.807, 2.05) is 0 Å². The minimum atomic E-state index is -0.279. The average Bonchev–Trinajstić information content (AvgIpc) is 2.29. The van der Waals surface area contributed by atoms with Crippen LogP contribution in [0.5, 0.6) is 0 Å². The summed E-state index contributed by atoms with van der Waals surface area (Å²) in [7, 11) is 0. The topological polar surface area (TPSA) is 43.7 Å². The van der Waals surface area contributed by atoms with E-state index in [9.17, 15) is 5.11 Å². The smallest absolute Gasteiger partial charge is 0.0671 e. The summed E-state index contributed by atoms with van der Waals surface area (Å²) in [5.41, 5.74) is 1.34. The van der Waals surface area contributed by atoms with Crippen LogP contribution in [0.4, 0.5) is 0 Å². The van der Waals surface area contributed by atoms with Gasteiger partial charge in [-0.3, -0.25) is 4.90 Å². The van der Waals surface area contributed by atoms with Crippen molar-refractivity contribution in [3.63, 3.8) is 0 Å². The van der Waals surface area contributed by atoms with E-state index in [4.69, 9.17) is 5.11 Å². The first-order valence-corrected chi connectivity index (χ1v) is 6.15. The zero-order chi connectivity index (χ0) is 11.4. The summed E-state index contributed by atoms with van der Waals surface area (Å²) >= 11 is 0. The highest BCUT2D eigenvalue weighted by atomic mass is 16.3. The first-order chi connectivity index (χ1) is 7.78. The molecule has 0 bridgehead atoms. The molecule has 3 heteroatoms. The van der Waals surface area contributed by atoms with E-state index >= 15 is 0 Å². The molecule has 1 saturated heterocycles. The Morgan fingerprint density at radius 1 is 1.31 bits per heavy atom.